The molecule has 0 spiro atoms. The summed E-state index contributed by atoms with van der Waals surface area (Å²) >= 11 is 0. The van der Waals surface area contributed by atoms with Crippen LogP contribution in [0.4, 0.5) is 0 Å². The molecule has 0 bridgehead atoms. The fourth-order valence-electron chi connectivity index (χ4n) is 4.74. The van der Waals surface area contributed by atoms with E-state index in [1.807, 2.05) is 6.92 Å². The van der Waals surface area contributed by atoms with E-state index in [-0.39, 0.29) is 5.57 Å². The highest BCUT2D eigenvalue weighted by molar-refractivity contribution is 5.91. The van der Waals surface area contributed by atoms with Gasteiger partial charge in [0.1, 0.15) is 6.10 Å². The summed E-state index contributed by atoms with van der Waals surface area (Å²) in [6, 6.07) is 0. The lowest BCUT2D eigenvalue weighted by Gasteiger charge is -2.58. The lowest BCUT2D eigenvalue weighted by atomic mass is 9.50. The van der Waals surface area contributed by atoms with E-state index in [2.05, 4.69) is 6.58 Å². The van der Waals surface area contributed by atoms with Crippen LogP contribution in [0.25, 0.3) is 0 Å². The molecule has 20 heavy (non-hydrogen) atoms. The molecule has 1 aliphatic heterocycles. The van der Waals surface area contributed by atoms with Crippen LogP contribution in [0.5, 0.6) is 0 Å². The van der Waals surface area contributed by atoms with Crippen molar-refractivity contribution in [3.63, 3.8) is 0 Å². The van der Waals surface area contributed by atoms with Crippen LogP contribution in [0.2, 0.25) is 0 Å². The Morgan fingerprint density at radius 3 is 2.65 bits per heavy atom. The van der Waals surface area contributed by atoms with Crippen LogP contribution >= 0.6 is 0 Å². The zero-order valence-corrected chi connectivity index (χ0v) is 11.9. The number of carbonyl (C=O) groups is 1. The first kappa shape index (κ1) is 14.0. The molecule has 0 aromatic heterocycles. The fraction of sp³-hybridized carbons (Fsp3) is 0.800. The molecule has 7 atom stereocenters. The first-order chi connectivity index (χ1) is 9.18. The van der Waals surface area contributed by atoms with Crippen molar-refractivity contribution < 1.29 is 24.9 Å². The van der Waals surface area contributed by atoms with Gasteiger partial charge in [0.05, 0.1) is 23.7 Å². The Morgan fingerprint density at radius 2 is 2.00 bits per heavy atom. The Bertz CT molecular complexity index is 471. The van der Waals surface area contributed by atoms with Crippen LogP contribution in [-0.2, 0) is 9.53 Å². The van der Waals surface area contributed by atoms with Crippen molar-refractivity contribution in [3.8, 4) is 0 Å². The SMILES string of the molecule is C=C1C(=O)O[C@H]2C[C@@]3(C)[C@H](O)CC[C@@](C)(O)[C@H]3[C@@H](O)[C@H]12. The lowest BCUT2D eigenvalue weighted by molar-refractivity contribution is -0.227. The maximum Gasteiger partial charge on any atom is 0.334 e. The van der Waals surface area contributed by atoms with E-state index in [9.17, 15) is 20.1 Å². The van der Waals surface area contributed by atoms with Crippen molar-refractivity contribution in [1.82, 2.24) is 0 Å². The van der Waals surface area contributed by atoms with Crippen molar-refractivity contribution in [1.29, 1.82) is 0 Å². The highest BCUT2D eigenvalue weighted by atomic mass is 16.6. The second-order valence-corrected chi connectivity index (χ2v) is 7.08. The number of aliphatic hydroxyl groups excluding tert-OH is 2. The van der Waals surface area contributed by atoms with Gasteiger partial charge in [-0.2, -0.15) is 0 Å². The van der Waals surface area contributed by atoms with Crippen LogP contribution in [0.15, 0.2) is 12.2 Å². The predicted molar refractivity (Wildman–Crippen MR) is 70.6 cm³/mol. The van der Waals surface area contributed by atoms with E-state index >= 15 is 0 Å². The Labute approximate surface area is 118 Å². The first-order valence-corrected chi connectivity index (χ1v) is 7.17. The van der Waals surface area contributed by atoms with Crippen molar-refractivity contribution in [2.24, 2.45) is 17.3 Å². The average Bonchev–Trinajstić information content (AvgIpc) is 2.60. The van der Waals surface area contributed by atoms with Gasteiger partial charge in [-0.15, -0.1) is 0 Å². The van der Waals surface area contributed by atoms with Crippen molar-refractivity contribution >= 4 is 5.97 Å². The number of hydrogen-bond acceptors (Lipinski definition) is 5. The Hall–Kier alpha value is -0.910. The summed E-state index contributed by atoms with van der Waals surface area (Å²) < 4.78 is 5.29. The van der Waals surface area contributed by atoms with E-state index in [1.54, 1.807) is 6.92 Å². The van der Waals surface area contributed by atoms with Gasteiger partial charge in [0.15, 0.2) is 0 Å². The molecule has 112 valence electrons. The second kappa shape index (κ2) is 4.06. The molecule has 3 aliphatic rings. The molecule has 0 unspecified atom stereocenters. The quantitative estimate of drug-likeness (QED) is 0.441. The molecule has 3 fully saturated rings. The van der Waals surface area contributed by atoms with Crippen LogP contribution in [0.3, 0.4) is 0 Å². The molecule has 2 saturated carbocycles. The molecule has 0 amide bonds. The third-order valence-electron chi connectivity index (χ3n) is 5.74. The molecule has 0 aromatic carbocycles. The number of fused-ring (bicyclic) bond motifs is 2. The minimum Gasteiger partial charge on any atom is -0.458 e. The summed E-state index contributed by atoms with van der Waals surface area (Å²) in [5, 5.41) is 31.8. The summed E-state index contributed by atoms with van der Waals surface area (Å²) in [5.41, 5.74) is -1.45. The Balaban J connectivity index is 2.04. The molecule has 5 heteroatoms. The van der Waals surface area contributed by atoms with Crippen LogP contribution in [0, 0.1) is 17.3 Å². The number of esters is 1. The summed E-state index contributed by atoms with van der Waals surface area (Å²) in [7, 11) is 0. The van der Waals surface area contributed by atoms with Gasteiger partial charge in [0.2, 0.25) is 0 Å². The highest BCUT2D eigenvalue weighted by Crippen LogP contribution is 2.58. The molecule has 0 aromatic rings. The molecule has 1 saturated heterocycles. The Morgan fingerprint density at radius 1 is 1.35 bits per heavy atom. The summed E-state index contributed by atoms with van der Waals surface area (Å²) in [4.78, 5) is 11.7. The monoisotopic (exact) mass is 282 g/mol. The lowest BCUT2D eigenvalue weighted by Crippen LogP contribution is -2.65. The number of ether oxygens (including phenoxy) is 1. The van der Waals surface area contributed by atoms with Gasteiger partial charge < -0.3 is 20.1 Å². The molecular weight excluding hydrogens is 260 g/mol. The number of hydrogen-bond donors (Lipinski definition) is 3. The maximum atomic E-state index is 11.7. The van der Waals surface area contributed by atoms with Gasteiger partial charge in [-0.1, -0.05) is 13.5 Å². The summed E-state index contributed by atoms with van der Waals surface area (Å²) in [6.45, 7) is 7.28. The molecule has 2 aliphatic carbocycles. The molecule has 3 N–H and O–H groups in total. The largest absolute Gasteiger partial charge is 0.458 e. The summed E-state index contributed by atoms with van der Waals surface area (Å²) in [5.74, 6) is -1.45. The molecule has 5 nitrogen and oxygen atoms in total. The standard InChI is InChI=1S/C15H22O5/c1-7-10-8(20-13(7)18)6-14(2)9(16)4-5-15(3,19)12(14)11(10)17/h8-12,16-17,19H,1,4-6H2,2-3H3/t8-,9+,10+,11-,12-,14-,15+/m0/s1. The smallest absolute Gasteiger partial charge is 0.334 e. The number of carbonyl (C=O) groups excluding carboxylic acids is 1. The number of rotatable bonds is 0. The van der Waals surface area contributed by atoms with Gasteiger partial charge in [0.25, 0.3) is 0 Å². The summed E-state index contributed by atoms with van der Waals surface area (Å²) in [6.07, 6.45) is -0.627. The van der Waals surface area contributed by atoms with Crippen molar-refractivity contribution in [2.75, 3.05) is 0 Å². The predicted octanol–water partition coefficient (Wildman–Crippen LogP) is 0.377. The van der Waals surface area contributed by atoms with Crippen LogP contribution < -0.4 is 0 Å². The number of aliphatic hydroxyl groups is 3. The van der Waals surface area contributed by atoms with Gasteiger partial charge in [-0.25, -0.2) is 4.79 Å². The van der Waals surface area contributed by atoms with E-state index in [4.69, 9.17) is 4.74 Å². The first-order valence-electron chi connectivity index (χ1n) is 7.17. The van der Waals surface area contributed by atoms with E-state index in [0.717, 1.165) is 0 Å². The molecular formula is C15H22O5. The third kappa shape index (κ3) is 1.63. The van der Waals surface area contributed by atoms with Gasteiger partial charge in [-0.3, -0.25) is 0 Å². The van der Waals surface area contributed by atoms with Gasteiger partial charge in [0, 0.05) is 16.9 Å². The van der Waals surface area contributed by atoms with Crippen molar-refractivity contribution in [3.05, 3.63) is 12.2 Å². The Kier molecular flexibility index (Phi) is 2.85. The minimum absolute atomic E-state index is 0.278. The fourth-order valence-corrected chi connectivity index (χ4v) is 4.74. The topological polar surface area (TPSA) is 87.0 Å². The zero-order chi connectivity index (χ0) is 14.9. The van der Waals surface area contributed by atoms with Crippen molar-refractivity contribution in [2.45, 2.75) is 57.0 Å². The van der Waals surface area contributed by atoms with E-state index < -0.39 is 47.1 Å². The molecule has 0 radical (unpaired) electrons. The highest BCUT2D eigenvalue weighted by Gasteiger charge is 2.64. The third-order valence-corrected chi connectivity index (χ3v) is 5.74. The van der Waals surface area contributed by atoms with E-state index in [0.29, 0.717) is 19.3 Å². The minimum atomic E-state index is -1.07. The van der Waals surface area contributed by atoms with Gasteiger partial charge >= 0.3 is 5.97 Å². The average molecular weight is 282 g/mol. The van der Waals surface area contributed by atoms with E-state index in [1.165, 1.54) is 0 Å². The second-order valence-electron chi connectivity index (χ2n) is 7.08. The normalized spacial score (nSPS) is 55.1. The van der Waals surface area contributed by atoms with Crippen LogP contribution in [-0.4, -0.2) is 45.2 Å². The van der Waals surface area contributed by atoms with Crippen LogP contribution in [0.1, 0.15) is 33.1 Å². The molecule has 3 rings (SSSR count). The van der Waals surface area contributed by atoms with Gasteiger partial charge in [-0.05, 0) is 26.2 Å². The zero-order valence-electron chi connectivity index (χ0n) is 11.9. The molecule has 1 heterocycles. The maximum absolute atomic E-state index is 11.7.